The predicted octanol–water partition coefficient (Wildman–Crippen LogP) is -0.853. The highest BCUT2D eigenvalue weighted by Crippen LogP contribution is 2.27. The number of carbonyl (C=O) groups is 1. The van der Waals surface area contributed by atoms with Gasteiger partial charge >= 0.3 is 5.97 Å². The predicted molar refractivity (Wildman–Crippen MR) is 76.4 cm³/mol. The summed E-state index contributed by atoms with van der Waals surface area (Å²) in [5, 5.41) is 41.0. The van der Waals surface area contributed by atoms with Gasteiger partial charge < -0.3 is 25.2 Å². The Kier molecular flexibility index (Phi) is 7.17. The van der Waals surface area contributed by atoms with E-state index < -0.39 is 36.1 Å². The number of piperidine rings is 1. The summed E-state index contributed by atoms with van der Waals surface area (Å²) in [5.74, 6) is -0.419. The van der Waals surface area contributed by atoms with E-state index in [1.165, 1.54) is 12.0 Å². The van der Waals surface area contributed by atoms with E-state index >= 15 is 0 Å². The zero-order valence-electron chi connectivity index (χ0n) is 13.3. The Hall–Kier alpha value is -0.770. The van der Waals surface area contributed by atoms with Crippen LogP contribution in [0.25, 0.3) is 0 Å². The molecule has 8 nitrogen and oxygen atoms in total. The van der Waals surface area contributed by atoms with Gasteiger partial charge in [-0.15, -0.1) is 0 Å². The molecule has 4 N–H and O–H groups in total. The standard InChI is InChI=1S/C14H27NO7/c1-4-6-11(17)21-7-9-12(18)13(19)14(3,20)8-15(9)22-10(16)5-2/h9-10,12-13,16,18-20H,4-8H2,1-3H3/t9-,10?,12-,13+,14+/m1/s1. The van der Waals surface area contributed by atoms with Crippen LogP contribution in [0.3, 0.4) is 0 Å². The monoisotopic (exact) mass is 321 g/mol. The molecule has 0 aliphatic carbocycles. The maximum Gasteiger partial charge on any atom is 0.305 e. The smallest absolute Gasteiger partial charge is 0.305 e. The van der Waals surface area contributed by atoms with Crippen LogP contribution in [0.2, 0.25) is 0 Å². The van der Waals surface area contributed by atoms with E-state index in [0.29, 0.717) is 12.8 Å². The van der Waals surface area contributed by atoms with Crippen LogP contribution in [0.1, 0.15) is 40.0 Å². The molecule has 22 heavy (non-hydrogen) atoms. The van der Waals surface area contributed by atoms with Crippen LogP contribution in [0.5, 0.6) is 0 Å². The molecule has 0 aromatic rings. The molecule has 1 rings (SSSR count). The molecule has 5 atom stereocenters. The second-order valence-electron chi connectivity index (χ2n) is 5.84. The van der Waals surface area contributed by atoms with E-state index in [0.717, 1.165) is 0 Å². The fraction of sp³-hybridized carbons (Fsp3) is 0.929. The molecule has 1 saturated heterocycles. The summed E-state index contributed by atoms with van der Waals surface area (Å²) in [6.45, 7) is 4.55. The number of hydrogen-bond acceptors (Lipinski definition) is 8. The molecule has 0 spiro atoms. The fourth-order valence-electron chi connectivity index (χ4n) is 2.26. The van der Waals surface area contributed by atoms with Crippen molar-refractivity contribution in [2.45, 2.75) is 70.2 Å². The molecule has 1 unspecified atom stereocenters. The van der Waals surface area contributed by atoms with E-state index in [4.69, 9.17) is 9.57 Å². The lowest BCUT2D eigenvalue weighted by Crippen LogP contribution is -2.67. The topological polar surface area (TPSA) is 120 Å². The highest BCUT2D eigenvalue weighted by atomic mass is 16.8. The van der Waals surface area contributed by atoms with Crippen LogP contribution >= 0.6 is 0 Å². The summed E-state index contributed by atoms with van der Waals surface area (Å²) in [6, 6.07) is -0.878. The summed E-state index contributed by atoms with van der Waals surface area (Å²) in [7, 11) is 0. The first-order valence-electron chi connectivity index (χ1n) is 7.58. The van der Waals surface area contributed by atoms with Gasteiger partial charge in [0.25, 0.3) is 0 Å². The van der Waals surface area contributed by atoms with Crippen LogP contribution in [-0.2, 0) is 14.4 Å². The average molecular weight is 321 g/mol. The minimum Gasteiger partial charge on any atom is -0.464 e. The van der Waals surface area contributed by atoms with E-state index in [9.17, 15) is 25.2 Å². The van der Waals surface area contributed by atoms with Gasteiger partial charge in [0.15, 0.2) is 6.29 Å². The number of ether oxygens (including phenoxy) is 1. The summed E-state index contributed by atoms with van der Waals surface area (Å²) in [5.41, 5.74) is -1.61. The molecule has 0 saturated carbocycles. The summed E-state index contributed by atoms with van der Waals surface area (Å²) >= 11 is 0. The molecule has 0 bridgehead atoms. The van der Waals surface area contributed by atoms with Gasteiger partial charge in [0.05, 0.1) is 12.6 Å². The van der Waals surface area contributed by atoms with Crippen molar-refractivity contribution in [2.75, 3.05) is 13.2 Å². The summed E-state index contributed by atoms with van der Waals surface area (Å²) < 4.78 is 5.06. The molecule has 8 heteroatoms. The molecule has 130 valence electrons. The number of aliphatic hydroxyl groups is 4. The van der Waals surface area contributed by atoms with Crippen LogP contribution in [0.15, 0.2) is 0 Å². The Morgan fingerprint density at radius 1 is 1.41 bits per heavy atom. The van der Waals surface area contributed by atoms with Gasteiger partial charge in [0.1, 0.15) is 24.4 Å². The molecular formula is C14H27NO7. The normalized spacial score (nSPS) is 34.4. The van der Waals surface area contributed by atoms with Crippen LogP contribution in [-0.4, -0.2) is 74.8 Å². The van der Waals surface area contributed by atoms with E-state index in [2.05, 4.69) is 0 Å². The van der Waals surface area contributed by atoms with Gasteiger partial charge in [-0.3, -0.25) is 9.63 Å². The number of nitrogens with zero attached hydrogens (tertiary/aromatic N) is 1. The third-order valence-corrected chi connectivity index (χ3v) is 3.68. The fourth-order valence-corrected chi connectivity index (χ4v) is 2.26. The lowest BCUT2D eigenvalue weighted by atomic mass is 9.86. The third kappa shape index (κ3) is 4.87. The molecule has 0 aromatic heterocycles. The van der Waals surface area contributed by atoms with Crippen molar-refractivity contribution in [3.8, 4) is 0 Å². The number of β-amino-alcohol motifs (C(OH)–C–C–N with tert-alkyl or cyclic N) is 1. The van der Waals surface area contributed by atoms with Gasteiger partial charge in [-0.2, -0.15) is 5.06 Å². The lowest BCUT2D eigenvalue weighted by Gasteiger charge is -2.47. The number of rotatable bonds is 7. The number of esters is 1. The van der Waals surface area contributed by atoms with Crippen LogP contribution in [0, 0.1) is 0 Å². The summed E-state index contributed by atoms with van der Waals surface area (Å²) in [6.07, 6.45) is -2.73. The van der Waals surface area contributed by atoms with Gasteiger partial charge in [-0.1, -0.05) is 13.8 Å². The first-order chi connectivity index (χ1) is 10.2. The Balaban J connectivity index is 2.79. The molecule has 1 heterocycles. The molecule has 0 radical (unpaired) electrons. The second kappa shape index (κ2) is 8.19. The van der Waals surface area contributed by atoms with Crippen molar-refractivity contribution >= 4 is 5.97 Å². The number of hydrogen-bond donors (Lipinski definition) is 4. The SMILES string of the molecule is CCCC(=O)OC[C@@H]1[C@@H](O)[C@H](O)[C@@](C)(O)CN1OC(O)CC. The number of aliphatic hydroxyl groups excluding tert-OH is 3. The second-order valence-corrected chi connectivity index (χ2v) is 5.84. The summed E-state index contributed by atoms with van der Waals surface area (Å²) in [4.78, 5) is 16.7. The number of carbonyl (C=O) groups excluding carboxylic acids is 1. The zero-order chi connectivity index (χ0) is 16.9. The molecule has 1 aliphatic heterocycles. The van der Waals surface area contributed by atoms with E-state index in [-0.39, 0.29) is 19.6 Å². The zero-order valence-corrected chi connectivity index (χ0v) is 13.3. The highest BCUT2D eigenvalue weighted by molar-refractivity contribution is 5.69. The van der Waals surface area contributed by atoms with Gasteiger partial charge in [-0.25, -0.2) is 0 Å². The van der Waals surface area contributed by atoms with Crippen LogP contribution < -0.4 is 0 Å². The minimum absolute atomic E-state index is 0.141. The Bertz CT molecular complexity index is 363. The minimum atomic E-state index is -1.61. The molecule has 0 amide bonds. The molecule has 0 aromatic carbocycles. The Labute approximate surface area is 130 Å². The van der Waals surface area contributed by atoms with Crippen molar-refractivity contribution in [3.05, 3.63) is 0 Å². The van der Waals surface area contributed by atoms with Crippen LogP contribution in [0.4, 0.5) is 0 Å². The van der Waals surface area contributed by atoms with E-state index in [1.807, 2.05) is 6.92 Å². The van der Waals surface area contributed by atoms with Crippen molar-refractivity contribution in [3.63, 3.8) is 0 Å². The molecular weight excluding hydrogens is 294 g/mol. The van der Waals surface area contributed by atoms with Gasteiger partial charge in [0, 0.05) is 6.42 Å². The van der Waals surface area contributed by atoms with Crippen molar-refractivity contribution in [2.24, 2.45) is 0 Å². The first kappa shape index (κ1) is 19.3. The van der Waals surface area contributed by atoms with Crippen molar-refractivity contribution in [1.82, 2.24) is 5.06 Å². The molecule has 1 fully saturated rings. The van der Waals surface area contributed by atoms with E-state index in [1.54, 1.807) is 6.92 Å². The van der Waals surface area contributed by atoms with Crippen molar-refractivity contribution < 1.29 is 34.8 Å². The average Bonchev–Trinajstić information content (AvgIpc) is 2.44. The molecule has 1 aliphatic rings. The number of hydroxylamine groups is 2. The lowest BCUT2D eigenvalue weighted by molar-refractivity contribution is -0.337. The third-order valence-electron chi connectivity index (χ3n) is 3.68. The van der Waals surface area contributed by atoms with Crippen molar-refractivity contribution in [1.29, 1.82) is 0 Å². The largest absolute Gasteiger partial charge is 0.464 e. The first-order valence-corrected chi connectivity index (χ1v) is 7.58. The maximum absolute atomic E-state index is 11.5. The van der Waals surface area contributed by atoms with Gasteiger partial charge in [0.2, 0.25) is 0 Å². The Morgan fingerprint density at radius 2 is 2.05 bits per heavy atom. The van der Waals surface area contributed by atoms with Gasteiger partial charge in [-0.05, 0) is 19.8 Å². The Morgan fingerprint density at radius 3 is 2.59 bits per heavy atom. The highest BCUT2D eigenvalue weighted by Gasteiger charge is 2.49. The quantitative estimate of drug-likeness (QED) is 0.353. The maximum atomic E-state index is 11.5.